The fourth-order valence-electron chi connectivity index (χ4n) is 3.38. The summed E-state index contributed by atoms with van der Waals surface area (Å²) in [4.78, 5) is 12.3. The fourth-order valence-corrected chi connectivity index (χ4v) is 3.80. The lowest BCUT2D eigenvalue weighted by atomic mass is 9.78. The summed E-state index contributed by atoms with van der Waals surface area (Å²) in [6.45, 7) is 0. The van der Waals surface area contributed by atoms with Gasteiger partial charge in [0.05, 0.1) is 12.7 Å². The van der Waals surface area contributed by atoms with Crippen molar-refractivity contribution in [3.8, 4) is 5.75 Å². The van der Waals surface area contributed by atoms with Crippen LogP contribution < -0.4 is 4.74 Å². The predicted octanol–water partition coefficient (Wildman–Crippen LogP) is 5.39. The van der Waals surface area contributed by atoms with Gasteiger partial charge in [0.15, 0.2) is 0 Å². The Morgan fingerprint density at radius 3 is 2.11 bits per heavy atom. The molecule has 3 rings (SSSR count). The van der Waals surface area contributed by atoms with E-state index >= 15 is 0 Å². The summed E-state index contributed by atoms with van der Waals surface area (Å²) in [5, 5.41) is 11.7. The smallest absolute Gasteiger partial charge is 0.274 e. The van der Waals surface area contributed by atoms with E-state index in [2.05, 4.69) is 0 Å². The normalized spacial score (nSPS) is 14.1. The predicted molar refractivity (Wildman–Crippen MR) is 107 cm³/mol. The molecular weight excluding hydrogens is 362 g/mol. The first-order valence-electron chi connectivity index (χ1n) is 8.60. The number of nitro groups is 1. The van der Waals surface area contributed by atoms with E-state index < -0.39 is 10.9 Å². The van der Waals surface area contributed by atoms with Gasteiger partial charge in [-0.2, -0.15) is 0 Å². The molecule has 0 radical (unpaired) electrons. The minimum Gasteiger partial charge on any atom is -0.496 e. The molecule has 4 nitrogen and oxygen atoms in total. The molecule has 0 saturated carbocycles. The van der Waals surface area contributed by atoms with E-state index in [4.69, 9.17) is 16.3 Å². The van der Waals surface area contributed by atoms with Crippen LogP contribution in [0.5, 0.6) is 5.75 Å². The van der Waals surface area contributed by atoms with Gasteiger partial charge in [0, 0.05) is 11.3 Å². The van der Waals surface area contributed by atoms with Crippen molar-refractivity contribution in [3.05, 3.63) is 112 Å². The van der Waals surface area contributed by atoms with Crippen molar-refractivity contribution < 1.29 is 9.66 Å². The number of alkyl halides is 1. The molecule has 0 spiro atoms. The average molecular weight is 382 g/mol. The zero-order chi connectivity index (χ0) is 19.3. The Labute approximate surface area is 163 Å². The molecule has 3 aromatic carbocycles. The Morgan fingerprint density at radius 1 is 0.963 bits per heavy atom. The molecule has 2 atom stereocenters. The number of para-hydroxylation sites is 1. The minimum absolute atomic E-state index is 0.143. The third-order valence-corrected chi connectivity index (χ3v) is 5.34. The molecule has 0 aliphatic carbocycles. The molecule has 0 aliphatic heterocycles. The Kier molecular flexibility index (Phi) is 5.77. The molecule has 3 aromatic rings. The standard InChI is InChI=1S/C22H20ClNO3/c1-27-20-15-9-8-14-19(20)22(24(25)26,16-17-10-4-2-5-11-17)21(23)18-12-6-3-7-13-18/h2-15,21H,16H2,1H3. The molecule has 0 N–H and O–H groups in total. The van der Waals surface area contributed by atoms with Gasteiger partial charge < -0.3 is 4.74 Å². The van der Waals surface area contributed by atoms with Crippen molar-refractivity contribution in [3.63, 3.8) is 0 Å². The van der Waals surface area contributed by atoms with Gasteiger partial charge in [-0.3, -0.25) is 10.1 Å². The quantitative estimate of drug-likeness (QED) is 0.313. The number of benzene rings is 3. The molecule has 0 bridgehead atoms. The number of methoxy groups -OCH3 is 1. The first-order valence-corrected chi connectivity index (χ1v) is 9.04. The number of ether oxygens (including phenoxy) is 1. The summed E-state index contributed by atoms with van der Waals surface area (Å²) in [5.74, 6) is 0.451. The lowest BCUT2D eigenvalue weighted by Crippen LogP contribution is -2.42. The minimum atomic E-state index is -1.59. The summed E-state index contributed by atoms with van der Waals surface area (Å²) >= 11 is 6.84. The molecule has 0 heterocycles. The highest BCUT2D eigenvalue weighted by atomic mass is 35.5. The fraction of sp³-hybridized carbons (Fsp3) is 0.182. The maximum absolute atomic E-state index is 12.6. The van der Waals surface area contributed by atoms with Crippen molar-refractivity contribution >= 4 is 11.6 Å². The Hall–Kier alpha value is -2.85. The van der Waals surface area contributed by atoms with Gasteiger partial charge >= 0.3 is 0 Å². The molecule has 5 heteroatoms. The topological polar surface area (TPSA) is 52.4 Å². The van der Waals surface area contributed by atoms with E-state index in [0.717, 1.165) is 5.56 Å². The summed E-state index contributed by atoms with van der Waals surface area (Å²) in [6, 6.07) is 25.6. The summed E-state index contributed by atoms with van der Waals surface area (Å²) in [5.41, 5.74) is 0.404. The van der Waals surface area contributed by atoms with E-state index in [1.807, 2.05) is 60.7 Å². The first kappa shape index (κ1) is 18.9. The molecule has 0 fully saturated rings. The molecule has 0 aromatic heterocycles. The molecule has 27 heavy (non-hydrogen) atoms. The highest BCUT2D eigenvalue weighted by Gasteiger charge is 2.54. The van der Waals surface area contributed by atoms with Crippen LogP contribution in [0.1, 0.15) is 22.1 Å². The highest BCUT2D eigenvalue weighted by Crippen LogP contribution is 2.47. The van der Waals surface area contributed by atoms with E-state index in [1.165, 1.54) is 7.11 Å². The molecule has 2 unspecified atom stereocenters. The largest absolute Gasteiger partial charge is 0.496 e. The van der Waals surface area contributed by atoms with Crippen molar-refractivity contribution in [1.82, 2.24) is 0 Å². The monoisotopic (exact) mass is 381 g/mol. The Morgan fingerprint density at radius 2 is 1.52 bits per heavy atom. The second-order valence-corrected chi connectivity index (χ2v) is 6.75. The van der Waals surface area contributed by atoms with Crippen molar-refractivity contribution in [2.75, 3.05) is 7.11 Å². The van der Waals surface area contributed by atoms with Crippen LogP contribution in [0.15, 0.2) is 84.9 Å². The molecular formula is C22H20ClNO3. The van der Waals surface area contributed by atoms with E-state index in [1.54, 1.807) is 24.3 Å². The van der Waals surface area contributed by atoms with Crippen LogP contribution in [0.25, 0.3) is 0 Å². The Bertz CT molecular complexity index is 902. The van der Waals surface area contributed by atoms with Crippen LogP contribution in [0, 0.1) is 10.1 Å². The summed E-state index contributed by atoms with van der Waals surface area (Å²) in [6.07, 6.45) is 0.143. The number of nitrogens with zero attached hydrogens (tertiary/aromatic N) is 1. The van der Waals surface area contributed by atoms with Crippen LogP contribution in [0.2, 0.25) is 0 Å². The van der Waals surface area contributed by atoms with Crippen molar-refractivity contribution in [2.45, 2.75) is 17.3 Å². The van der Waals surface area contributed by atoms with Gasteiger partial charge in [-0.15, -0.1) is 11.6 Å². The highest BCUT2D eigenvalue weighted by molar-refractivity contribution is 6.21. The average Bonchev–Trinajstić information content (AvgIpc) is 2.72. The number of hydrogen-bond acceptors (Lipinski definition) is 3. The van der Waals surface area contributed by atoms with E-state index in [9.17, 15) is 10.1 Å². The van der Waals surface area contributed by atoms with Gasteiger partial charge in [0.2, 0.25) is 0 Å². The van der Waals surface area contributed by atoms with Crippen molar-refractivity contribution in [1.29, 1.82) is 0 Å². The lowest BCUT2D eigenvalue weighted by molar-refractivity contribution is -0.580. The Balaban J connectivity index is 2.24. The van der Waals surface area contributed by atoms with Gasteiger partial charge in [-0.05, 0) is 23.3 Å². The lowest BCUT2D eigenvalue weighted by Gasteiger charge is -2.31. The van der Waals surface area contributed by atoms with Gasteiger partial charge in [-0.1, -0.05) is 72.8 Å². The maximum Gasteiger partial charge on any atom is 0.274 e. The van der Waals surface area contributed by atoms with Crippen LogP contribution in [0.4, 0.5) is 0 Å². The second kappa shape index (κ2) is 8.23. The second-order valence-electron chi connectivity index (χ2n) is 6.32. The maximum atomic E-state index is 12.6. The van der Waals surface area contributed by atoms with Crippen LogP contribution in [0.3, 0.4) is 0 Å². The van der Waals surface area contributed by atoms with Crippen LogP contribution in [-0.2, 0) is 12.0 Å². The summed E-state index contributed by atoms with van der Waals surface area (Å²) in [7, 11) is 1.51. The molecule has 0 amide bonds. The molecule has 138 valence electrons. The SMILES string of the molecule is COc1ccccc1C(Cc1ccccc1)(C(Cl)c1ccccc1)[N+](=O)[O-]. The first-order chi connectivity index (χ1) is 13.1. The van der Waals surface area contributed by atoms with E-state index in [-0.39, 0.29) is 11.3 Å². The molecule has 0 aliphatic rings. The van der Waals surface area contributed by atoms with Gasteiger partial charge in [0.25, 0.3) is 5.54 Å². The molecule has 0 saturated heterocycles. The van der Waals surface area contributed by atoms with Crippen LogP contribution in [-0.4, -0.2) is 12.0 Å². The third-order valence-electron chi connectivity index (χ3n) is 4.73. The number of hydrogen-bond donors (Lipinski definition) is 0. The zero-order valence-electron chi connectivity index (χ0n) is 14.9. The van der Waals surface area contributed by atoms with Gasteiger partial charge in [0.1, 0.15) is 11.1 Å². The van der Waals surface area contributed by atoms with Crippen LogP contribution >= 0.6 is 11.6 Å². The van der Waals surface area contributed by atoms with Gasteiger partial charge in [-0.25, -0.2) is 0 Å². The van der Waals surface area contributed by atoms with Crippen molar-refractivity contribution in [2.24, 2.45) is 0 Å². The zero-order valence-corrected chi connectivity index (χ0v) is 15.7. The van der Waals surface area contributed by atoms with E-state index in [0.29, 0.717) is 16.9 Å². The third kappa shape index (κ3) is 3.67. The number of halogens is 1. The number of rotatable bonds is 7. The summed E-state index contributed by atoms with van der Waals surface area (Å²) < 4.78 is 5.46.